The summed E-state index contributed by atoms with van der Waals surface area (Å²) in [5.41, 5.74) is 9.05. The molecule has 4 aromatic rings. The number of aliphatic hydroxyl groups excluding tert-OH is 1. The number of anilines is 1. The summed E-state index contributed by atoms with van der Waals surface area (Å²) in [4.78, 5) is 33.1. The first kappa shape index (κ1) is 29.6. The average Bonchev–Trinajstić information content (AvgIpc) is 3.66. The van der Waals surface area contributed by atoms with Crippen LogP contribution < -0.4 is 4.90 Å². The van der Waals surface area contributed by atoms with Crippen molar-refractivity contribution in [2.45, 2.75) is 65.0 Å². The molecule has 0 saturated carbocycles. The molecule has 1 amide bonds. The second-order valence-electron chi connectivity index (χ2n) is 11.9. The quantitative estimate of drug-likeness (QED) is 0.291. The van der Waals surface area contributed by atoms with Gasteiger partial charge >= 0.3 is 5.97 Å². The highest BCUT2D eigenvalue weighted by molar-refractivity contribution is 5.89. The van der Waals surface area contributed by atoms with Crippen molar-refractivity contribution in [3.8, 4) is 17.1 Å². The molecule has 1 atom stereocenters. The predicted molar refractivity (Wildman–Crippen MR) is 169 cm³/mol. The summed E-state index contributed by atoms with van der Waals surface area (Å²) < 4.78 is 1.63. The van der Waals surface area contributed by atoms with Crippen molar-refractivity contribution in [1.29, 1.82) is 0 Å². The Kier molecular flexibility index (Phi) is 8.23. The van der Waals surface area contributed by atoms with Gasteiger partial charge in [-0.1, -0.05) is 49.4 Å². The van der Waals surface area contributed by atoms with Crippen molar-refractivity contribution in [2.75, 3.05) is 24.5 Å². The van der Waals surface area contributed by atoms with Gasteiger partial charge in [0.15, 0.2) is 5.82 Å². The monoisotopic (exact) mass is 593 g/mol. The maximum atomic E-state index is 12.2. The zero-order chi connectivity index (χ0) is 31.0. The number of aryl methyl sites for hydroxylation is 1. The zero-order valence-electron chi connectivity index (χ0n) is 25.5. The molecular weight excluding hydrogens is 554 g/mol. The molecule has 0 aliphatic carbocycles. The molecule has 0 unspecified atom stereocenters. The van der Waals surface area contributed by atoms with E-state index in [1.54, 1.807) is 9.58 Å². The van der Waals surface area contributed by atoms with Gasteiger partial charge in [-0.15, -0.1) is 0 Å². The van der Waals surface area contributed by atoms with E-state index in [9.17, 15) is 19.8 Å². The molecule has 44 heavy (non-hydrogen) atoms. The van der Waals surface area contributed by atoms with Crippen LogP contribution in [-0.4, -0.2) is 67.5 Å². The van der Waals surface area contributed by atoms with Gasteiger partial charge in [0.25, 0.3) is 5.91 Å². The minimum absolute atomic E-state index is 0.179. The van der Waals surface area contributed by atoms with E-state index in [-0.39, 0.29) is 11.5 Å². The largest absolute Gasteiger partial charge is 0.478 e. The Hall–Kier alpha value is -4.50. The number of fused-ring (bicyclic) bond motifs is 1. The molecule has 2 aliphatic rings. The summed E-state index contributed by atoms with van der Waals surface area (Å²) in [5, 5.41) is 23.6. The average molecular weight is 594 g/mol. The van der Waals surface area contributed by atoms with Gasteiger partial charge < -0.3 is 20.0 Å². The number of hydrogen-bond donors (Lipinski definition) is 2. The molecule has 2 aliphatic heterocycles. The number of aromatic nitrogens is 3. The van der Waals surface area contributed by atoms with Gasteiger partial charge in [-0.2, -0.15) is 5.10 Å². The van der Waals surface area contributed by atoms with Crippen LogP contribution in [0.4, 0.5) is 5.69 Å². The minimum atomic E-state index is -0.987. The molecule has 0 bridgehead atoms. The van der Waals surface area contributed by atoms with Crippen molar-refractivity contribution in [3.63, 3.8) is 0 Å². The lowest BCUT2D eigenvalue weighted by atomic mass is 9.87. The van der Waals surface area contributed by atoms with Crippen molar-refractivity contribution < 1.29 is 19.8 Å². The number of pyridine rings is 1. The number of carboxylic acids is 1. The van der Waals surface area contributed by atoms with Crippen LogP contribution >= 0.6 is 0 Å². The number of amides is 1. The van der Waals surface area contributed by atoms with E-state index >= 15 is 0 Å². The highest BCUT2D eigenvalue weighted by atomic mass is 16.4. The summed E-state index contributed by atoms with van der Waals surface area (Å²) in [6.07, 6.45) is 3.75. The topological polar surface area (TPSA) is 112 Å². The van der Waals surface area contributed by atoms with Crippen molar-refractivity contribution >= 4 is 17.6 Å². The number of para-hydroxylation sites is 1. The van der Waals surface area contributed by atoms with Crippen LogP contribution in [-0.2, 0) is 24.2 Å². The van der Waals surface area contributed by atoms with Gasteiger partial charge in [0, 0.05) is 37.4 Å². The Bertz CT molecular complexity index is 1700. The van der Waals surface area contributed by atoms with Gasteiger partial charge in [0.2, 0.25) is 0 Å². The third kappa shape index (κ3) is 5.59. The van der Waals surface area contributed by atoms with Gasteiger partial charge in [0.1, 0.15) is 11.7 Å². The van der Waals surface area contributed by atoms with Crippen LogP contribution in [0.15, 0.2) is 60.8 Å². The van der Waals surface area contributed by atoms with Crippen LogP contribution in [0.25, 0.3) is 17.1 Å². The highest BCUT2D eigenvalue weighted by Crippen LogP contribution is 2.39. The summed E-state index contributed by atoms with van der Waals surface area (Å²) in [6, 6.07) is 19.0. The maximum Gasteiger partial charge on any atom is 0.339 e. The lowest BCUT2D eigenvalue weighted by Gasteiger charge is -2.33. The number of aromatic carboxylic acids is 1. The number of hydrogen-bond acceptors (Lipinski definition) is 6. The van der Waals surface area contributed by atoms with Crippen LogP contribution in [0, 0.1) is 6.92 Å². The zero-order valence-corrected chi connectivity index (χ0v) is 25.5. The Balaban J connectivity index is 1.23. The predicted octanol–water partition coefficient (Wildman–Crippen LogP) is 5.15. The first-order valence-corrected chi connectivity index (χ1v) is 15.5. The van der Waals surface area contributed by atoms with Gasteiger partial charge in [0.05, 0.1) is 17.6 Å². The number of carbonyl (C=O) groups is 2. The molecule has 9 nitrogen and oxygen atoms in total. The van der Waals surface area contributed by atoms with Crippen LogP contribution in [0.2, 0.25) is 0 Å². The van der Waals surface area contributed by atoms with E-state index < -0.39 is 12.1 Å². The molecule has 9 heteroatoms. The lowest BCUT2D eigenvalue weighted by molar-refractivity contribution is -0.140. The smallest absolute Gasteiger partial charge is 0.339 e. The summed E-state index contributed by atoms with van der Waals surface area (Å²) in [5.74, 6) is -0.158. The Morgan fingerprint density at radius 2 is 1.82 bits per heavy atom. The van der Waals surface area contributed by atoms with E-state index in [2.05, 4.69) is 53.3 Å². The molecule has 1 fully saturated rings. The number of aliphatic hydroxyl groups is 1. The molecule has 4 heterocycles. The summed E-state index contributed by atoms with van der Waals surface area (Å²) >= 11 is 0. The fraction of sp³-hybridized carbons (Fsp3) is 0.371. The second-order valence-corrected chi connectivity index (χ2v) is 11.9. The van der Waals surface area contributed by atoms with Crippen LogP contribution in [0.3, 0.4) is 0 Å². The summed E-state index contributed by atoms with van der Waals surface area (Å²) in [6.45, 7) is 8.71. The molecule has 228 valence electrons. The number of carbonyl (C=O) groups excluding carboxylic acids is 1. The molecule has 6 rings (SSSR count). The minimum Gasteiger partial charge on any atom is -0.478 e. The molecule has 2 N–H and O–H groups in total. The van der Waals surface area contributed by atoms with Crippen LogP contribution in [0.1, 0.15) is 70.9 Å². The number of rotatable bonds is 8. The number of benzene rings is 2. The Labute approximate surface area is 257 Å². The highest BCUT2D eigenvalue weighted by Gasteiger charge is 2.27. The number of carboxylic acid groups (broad SMARTS) is 1. The first-order valence-electron chi connectivity index (χ1n) is 15.5. The van der Waals surface area contributed by atoms with E-state index in [0.29, 0.717) is 36.9 Å². The van der Waals surface area contributed by atoms with E-state index in [1.807, 2.05) is 25.1 Å². The van der Waals surface area contributed by atoms with Gasteiger partial charge in [-0.05, 0) is 79.8 Å². The third-order valence-corrected chi connectivity index (χ3v) is 9.11. The second kappa shape index (κ2) is 12.2. The molecule has 0 radical (unpaired) electrons. The standard InChI is InChI=1S/C35H39N5O4/c1-4-31-29(35(43)44)20-36-40(31)32-10-6-9-30(37-32)28-8-5-7-25-15-18-39(33(25)28)21-27-12-11-26(19-22(27)2)24-13-16-38(17-14-24)34(42)23(3)41/h5-12,19-20,23-24,41H,4,13-18,21H2,1-3H3,(H,43,44)/t23-/m0/s1. The first-order chi connectivity index (χ1) is 21.2. The van der Waals surface area contributed by atoms with Crippen LogP contribution in [0.5, 0.6) is 0 Å². The maximum absolute atomic E-state index is 12.2. The van der Waals surface area contributed by atoms with Crippen molar-refractivity contribution in [2.24, 2.45) is 0 Å². The Morgan fingerprint density at radius 1 is 1.05 bits per heavy atom. The fourth-order valence-electron chi connectivity index (χ4n) is 6.73. The normalized spacial score (nSPS) is 15.8. The van der Waals surface area contributed by atoms with E-state index in [0.717, 1.165) is 43.6 Å². The molecular formula is C35H39N5O4. The third-order valence-electron chi connectivity index (χ3n) is 9.11. The molecule has 1 saturated heterocycles. The number of likely N-dealkylation sites (tertiary alicyclic amines) is 1. The Morgan fingerprint density at radius 3 is 2.52 bits per heavy atom. The van der Waals surface area contributed by atoms with E-state index in [1.165, 1.54) is 41.1 Å². The number of nitrogens with zero attached hydrogens (tertiary/aromatic N) is 5. The molecule has 2 aromatic carbocycles. The molecule has 2 aromatic heterocycles. The van der Waals surface area contributed by atoms with Crippen molar-refractivity contribution in [3.05, 3.63) is 94.3 Å². The fourth-order valence-corrected chi connectivity index (χ4v) is 6.73. The number of piperidine rings is 1. The molecule has 0 spiro atoms. The van der Waals surface area contributed by atoms with E-state index in [4.69, 9.17) is 4.98 Å². The lowest BCUT2D eigenvalue weighted by Crippen LogP contribution is -2.42. The summed E-state index contributed by atoms with van der Waals surface area (Å²) in [7, 11) is 0. The van der Waals surface area contributed by atoms with Gasteiger partial charge in [-0.3, -0.25) is 4.79 Å². The SMILES string of the molecule is CCc1c(C(=O)O)cnn1-c1cccc(-c2cccc3c2N(Cc2ccc(C4CCN(C(=O)[C@H](C)O)CC4)cc2C)CC3)n1. The van der Waals surface area contributed by atoms with Gasteiger partial charge in [-0.25, -0.2) is 14.5 Å². The van der Waals surface area contributed by atoms with Crippen molar-refractivity contribution in [1.82, 2.24) is 19.7 Å².